The summed E-state index contributed by atoms with van der Waals surface area (Å²) >= 11 is 0. The molecule has 96 valence electrons. The number of imide groups is 1. The van der Waals surface area contributed by atoms with Crippen LogP contribution in [0.4, 0.5) is 0 Å². The lowest BCUT2D eigenvalue weighted by Gasteiger charge is -2.19. The lowest BCUT2D eigenvalue weighted by molar-refractivity contribution is -0.134. The molecule has 0 spiro atoms. The van der Waals surface area contributed by atoms with Gasteiger partial charge in [0.1, 0.15) is 0 Å². The van der Waals surface area contributed by atoms with Crippen LogP contribution in [0.1, 0.15) is 34.8 Å². The Labute approximate surface area is 109 Å². The molecule has 0 saturated carbocycles. The number of amides is 2. The Balaban J connectivity index is 2.04. The minimum Gasteiger partial charge on any atom is -0.357 e. The smallest absolute Gasteiger partial charge is 0.235 e. The molecule has 1 aliphatic heterocycles. The van der Waals surface area contributed by atoms with Crippen molar-refractivity contribution in [2.24, 2.45) is 0 Å². The predicted molar refractivity (Wildman–Crippen MR) is 68.8 cm³/mol. The summed E-state index contributed by atoms with van der Waals surface area (Å²) in [5.74, 6) is -0.869. The molecule has 5 nitrogen and oxygen atoms in total. The Hall–Kier alpha value is -2.43. The van der Waals surface area contributed by atoms with Crippen molar-refractivity contribution in [3.05, 3.63) is 35.5 Å². The third-order valence-corrected chi connectivity index (χ3v) is 3.45. The van der Waals surface area contributed by atoms with E-state index in [0.717, 1.165) is 22.9 Å². The van der Waals surface area contributed by atoms with Crippen LogP contribution in [-0.4, -0.2) is 23.1 Å². The Kier molecular flexibility index (Phi) is 2.67. The van der Waals surface area contributed by atoms with Gasteiger partial charge in [0.25, 0.3) is 0 Å². The molecule has 1 aromatic carbocycles. The number of aldehydes is 1. The molecule has 2 amide bonds. The number of hydrogen-bond donors (Lipinski definition) is 2. The van der Waals surface area contributed by atoms with E-state index >= 15 is 0 Å². The van der Waals surface area contributed by atoms with Gasteiger partial charge < -0.3 is 4.98 Å². The minimum absolute atomic E-state index is 0.231. The Morgan fingerprint density at radius 3 is 2.84 bits per heavy atom. The van der Waals surface area contributed by atoms with Crippen LogP contribution in [0.25, 0.3) is 10.9 Å². The van der Waals surface area contributed by atoms with Crippen molar-refractivity contribution >= 4 is 29.0 Å². The van der Waals surface area contributed by atoms with Gasteiger partial charge in [-0.3, -0.25) is 19.7 Å². The molecule has 1 aromatic heterocycles. The minimum atomic E-state index is -0.357. The average Bonchev–Trinajstić information content (AvgIpc) is 2.81. The van der Waals surface area contributed by atoms with E-state index in [1.54, 1.807) is 12.1 Å². The number of carbonyl (C=O) groups excluding carboxylic acids is 3. The number of piperidine rings is 1. The summed E-state index contributed by atoms with van der Waals surface area (Å²) < 4.78 is 0. The van der Waals surface area contributed by atoms with Gasteiger partial charge in [0.15, 0.2) is 6.29 Å². The highest BCUT2D eigenvalue weighted by Gasteiger charge is 2.29. The summed E-state index contributed by atoms with van der Waals surface area (Å²) in [6.07, 6.45) is 1.62. The van der Waals surface area contributed by atoms with Crippen molar-refractivity contribution in [1.29, 1.82) is 0 Å². The van der Waals surface area contributed by atoms with Gasteiger partial charge in [0, 0.05) is 23.1 Å². The number of fused-ring (bicyclic) bond motifs is 1. The molecule has 1 atom stereocenters. The number of benzene rings is 1. The molecule has 2 heterocycles. The molecule has 19 heavy (non-hydrogen) atoms. The molecule has 0 aliphatic carbocycles. The molecule has 2 aromatic rings. The number of rotatable bonds is 2. The molecule has 1 unspecified atom stereocenters. The maximum atomic E-state index is 11.8. The van der Waals surface area contributed by atoms with Crippen molar-refractivity contribution in [2.45, 2.75) is 18.8 Å². The van der Waals surface area contributed by atoms with Crippen LogP contribution < -0.4 is 5.32 Å². The second-order valence-electron chi connectivity index (χ2n) is 4.66. The van der Waals surface area contributed by atoms with Crippen LogP contribution in [0.3, 0.4) is 0 Å². The summed E-state index contributed by atoms with van der Waals surface area (Å²) in [7, 11) is 0. The largest absolute Gasteiger partial charge is 0.357 e. The number of nitrogens with one attached hydrogen (secondary N) is 2. The van der Waals surface area contributed by atoms with Crippen molar-refractivity contribution in [3.63, 3.8) is 0 Å². The average molecular weight is 256 g/mol. The van der Waals surface area contributed by atoms with Crippen LogP contribution in [0.2, 0.25) is 0 Å². The lowest BCUT2D eigenvalue weighted by Crippen LogP contribution is -2.39. The molecule has 1 aliphatic rings. The zero-order chi connectivity index (χ0) is 13.4. The van der Waals surface area contributed by atoms with Crippen molar-refractivity contribution in [2.75, 3.05) is 0 Å². The molecule has 0 bridgehead atoms. The van der Waals surface area contributed by atoms with E-state index in [1.165, 1.54) is 0 Å². The normalized spacial score (nSPS) is 19.5. The number of para-hydroxylation sites is 1. The van der Waals surface area contributed by atoms with E-state index in [0.29, 0.717) is 18.4 Å². The van der Waals surface area contributed by atoms with Gasteiger partial charge in [0.05, 0.1) is 11.4 Å². The third kappa shape index (κ3) is 1.93. The summed E-state index contributed by atoms with van der Waals surface area (Å²) in [5, 5.41) is 3.23. The first-order chi connectivity index (χ1) is 9.19. The molecular formula is C14H12N2O3. The van der Waals surface area contributed by atoms with Crippen LogP contribution in [0.15, 0.2) is 24.3 Å². The van der Waals surface area contributed by atoms with Crippen LogP contribution in [0, 0.1) is 0 Å². The first-order valence-electron chi connectivity index (χ1n) is 6.09. The van der Waals surface area contributed by atoms with E-state index in [2.05, 4.69) is 10.3 Å². The van der Waals surface area contributed by atoms with Gasteiger partial charge in [-0.1, -0.05) is 12.1 Å². The second kappa shape index (κ2) is 4.35. The molecule has 1 fully saturated rings. The zero-order valence-electron chi connectivity index (χ0n) is 10.1. The van der Waals surface area contributed by atoms with E-state index in [9.17, 15) is 14.4 Å². The topological polar surface area (TPSA) is 79.0 Å². The molecule has 3 rings (SSSR count). The van der Waals surface area contributed by atoms with Crippen LogP contribution in [-0.2, 0) is 9.59 Å². The lowest BCUT2D eigenvalue weighted by atomic mass is 9.95. The third-order valence-electron chi connectivity index (χ3n) is 3.45. The van der Waals surface area contributed by atoms with Crippen LogP contribution >= 0.6 is 0 Å². The number of aromatic amines is 1. The predicted octanol–water partition coefficient (Wildman–Crippen LogP) is 1.50. The maximum absolute atomic E-state index is 11.8. The second-order valence-corrected chi connectivity index (χ2v) is 4.66. The van der Waals surface area contributed by atoms with Gasteiger partial charge >= 0.3 is 0 Å². The van der Waals surface area contributed by atoms with Crippen molar-refractivity contribution in [1.82, 2.24) is 10.3 Å². The Morgan fingerprint density at radius 2 is 2.11 bits per heavy atom. The number of aromatic nitrogens is 1. The van der Waals surface area contributed by atoms with Gasteiger partial charge in [0.2, 0.25) is 11.8 Å². The molecular weight excluding hydrogens is 244 g/mol. The standard InChI is InChI=1S/C14H12N2O3/c17-7-9-3-1-2-8-6-11(15-13(8)9)10-4-5-12(18)16-14(10)19/h1-3,6-7,10,15H,4-5H2,(H,16,18,19). The monoisotopic (exact) mass is 256 g/mol. The van der Waals surface area contributed by atoms with Gasteiger partial charge in [-0.15, -0.1) is 0 Å². The summed E-state index contributed by atoms with van der Waals surface area (Å²) in [6, 6.07) is 7.27. The molecule has 2 N–H and O–H groups in total. The maximum Gasteiger partial charge on any atom is 0.235 e. The number of hydrogen-bond acceptors (Lipinski definition) is 3. The van der Waals surface area contributed by atoms with E-state index in [-0.39, 0.29) is 17.7 Å². The van der Waals surface area contributed by atoms with Crippen molar-refractivity contribution in [3.8, 4) is 0 Å². The van der Waals surface area contributed by atoms with Gasteiger partial charge in [-0.25, -0.2) is 0 Å². The van der Waals surface area contributed by atoms with Gasteiger partial charge in [-0.05, 0) is 18.6 Å². The summed E-state index contributed by atoms with van der Waals surface area (Å²) in [6.45, 7) is 0. The van der Waals surface area contributed by atoms with Crippen molar-refractivity contribution < 1.29 is 14.4 Å². The fourth-order valence-corrected chi connectivity index (χ4v) is 2.48. The fourth-order valence-electron chi connectivity index (χ4n) is 2.48. The molecule has 1 saturated heterocycles. The van der Waals surface area contributed by atoms with Crippen LogP contribution in [0.5, 0.6) is 0 Å². The molecule has 5 heteroatoms. The zero-order valence-corrected chi connectivity index (χ0v) is 10.1. The van der Waals surface area contributed by atoms with E-state index in [4.69, 9.17) is 0 Å². The SMILES string of the molecule is O=Cc1cccc2cc(C3CCC(=O)NC3=O)[nH]c12. The Bertz CT molecular complexity index is 687. The highest BCUT2D eigenvalue weighted by Crippen LogP contribution is 2.28. The quantitative estimate of drug-likeness (QED) is 0.631. The molecule has 0 radical (unpaired) electrons. The first-order valence-corrected chi connectivity index (χ1v) is 6.09. The van der Waals surface area contributed by atoms with E-state index in [1.807, 2.05) is 12.1 Å². The first kappa shape index (κ1) is 11.6. The Morgan fingerprint density at radius 1 is 1.26 bits per heavy atom. The van der Waals surface area contributed by atoms with E-state index < -0.39 is 0 Å². The fraction of sp³-hybridized carbons (Fsp3) is 0.214. The highest BCUT2D eigenvalue weighted by molar-refractivity contribution is 6.02. The van der Waals surface area contributed by atoms with Gasteiger partial charge in [-0.2, -0.15) is 0 Å². The highest BCUT2D eigenvalue weighted by atomic mass is 16.2. The number of carbonyl (C=O) groups is 3. The number of H-pyrrole nitrogens is 1. The summed E-state index contributed by atoms with van der Waals surface area (Å²) in [5.41, 5.74) is 2.04. The summed E-state index contributed by atoms with van der Waals surface area (Å²) in [4.78, 5) is 37.0.